The molecule has 0 fully saturated rings. The average Bonchev–Trinajstić information content (AvgIpc) is 2.53. The topological polar surface area (TPSA) is 90.0 Å². The van der Waals surface area contributed by atoms with Gasteiger partial charge in [0.05, 0.1) is 7.11 Å². The first-order chi connectivity index (χ1) is 10.2. The molecule has 110 valence electrons. The third-order valence-corrected chi connectivity index (χ3v) is 3.12. The lowest BCUT2D eigenvalue weighted by atomic mass is 10.2. The minimum Gasteiger partial charge on any atom is -0.497 e. The molecule has 0 bridgehead atoms. The molecule has 0 spiro atoms. The number of nitrogens with two attached hydrogens (primary N) is 1. The fourth-order valence-electron chi connectivity index (χ4n) is 1.69. The molecule has 0 unspecified atom stereocenters. The van der Waals surface area contributed by atoms with Crippen molar-refractivity contribution >= 4 is 17.4 Å². The Labute approximate surface area is 126 Å². The lowest BCUT2D eigenvalue weighted by molar-refractivity contribution is 0.293. The molecule has 7 heteroatoms. The molecule has 0 saturated heterocycles. The summed E-state index contributed by atoms with van der Waals surface area (Å²) in [4.78, 5) is 4.04. The summed E-state index contributed by atoms with van der Waals surface area (Å²) in [5.41, 5.74) is 6.79. The molecule has 0 aliphatic carbocycles. The van der Waals surface area contributed by atoms with Gasteiger partial charge in [0.25, 0.3) is 0 Å². The SMILES string of the molecule is COc1cccc(COc2nccc(/C(N)=N/O)c2Cl)c1. The van der Waals surface area contributed by atoms with Crippen LogP contribution in [0.5, 0.6) is 11.6 Å². The van der Waals surface area contributed by atoms with Crippen molar-refractivity contribution in [2.75, 3.05) is 7.11 Å². The molecule has 2 aromatic rings. The van der Waals surface area contributed by atoms with Crippen LogP contribution in [-0.2, 0) is 6.61 Å². The zero-order valence-electron chi connectivity index (χ0n) is 11.3. The molecule has 6 nitrogen and oxygen atoms in total. The Morgan fingerprint density at radius 2 is 2.24 bits per heavy atom. The van der Waals surface area contributed by atoms with E-state index in [4.69, 9.17) is 32.0 Å². The van der Waals surface area contributed by atoms with Crippen LogP contribution >= 0.6 is 11.6 Å². The summed E-state index contributed by atoms with van der Waals surface area (Å²) in [6.45, 7) is 0.267. The molecule has 0 saturated carbocycles. The maximum absolute atomic E-state index is 8.70. The molecule has 0 radical (unpaired) electrons. The van der Waals surface area contributed by atoms with Gasteiger partial charge < -0.3 is 20.4 Å². The van der Waals surface area contributed by atoms with Crippen molar-refractivity contribution in [1.82, 2.24) is 4.98 Å². The number of hydrogen-bond acceptors (Lipinski definition) is 5. The zero-order chi connectivity index (χ0) is 15.2. The summed E-state index contributed by atoms with van der Waals surface area (Å²) in [6.07, 6.45) is 1.47. The van der Waals surface area contributed by atoms with Crippen LogP contribution in [0.3, 0.4) is 0 Å². The molecular formula is C14H14ClN3O3. The van der Waals surface area contributed by atoms with Crippen molar-refractivity contribution in [2.45, 2.75) is 6.61 Å². The smallest absolute Gasteiger partial charge is 0.233 e. The standard InChI is InChI=1S/C14H14ClN3O3/c1-20-10-4-2-3-9(7-10)8-21-14-12(15)11(5-6-17-14)13(16)18-19/h2-7,19H,8H2,1H3,(H2,16,18). The van der Waals surface area contributed by atoms with Gasteiger partial charge in [-0.25, -0.2) is 4.98 Å². The molecule has 0 aliphatic rings. The van der Waals surface area contributed by atoms with Crippen LogP contribution in [0.25, 0.3) is 0 Å². The van der Waals surface area contributed by atoms with Crippen molar-refractivity contribution < 1.29 is 14.7 Å². The quantitative estimate of drug-likeness (QED) is 0.383. The van der Waals surface area contributed by atoms with Crippen LogP contribution in [-0.4, -0.2) is 23.1 Å². The minimum atomic E-state index is -0.103. The second-order valence-corrected chi connectivity index (χ2v) is 4.48. The Balaban J connectivity index is 2.16. The Bertz CT molecular complexity index is 662. The number of pyridine rings is 1. The average molecular weight is 308 g/mol. The zero-order valence-corrected chi connectivity index (χ0v) is 12.0. The van der Waals surface area contributed by atoms with E-state index in [2.05, 4.69) is 10.1 Å². The van der Waals surface area contributed by atoms with Crippen molar-refractivity contribution in [3.8, 4) is 11.6 Å². The first kappa shape index (κ1) is 14.9. The number of rotatable bonds is 5. The van der Waals surface area contributed by atoms with Crippen molar-refractivity contribution in [1.29, 1.82) is 0 Å². The van der Waals surface area contributed by atoms with Gasteiger partial charge in [-0.3, -0.25) is 0 Å². The predicted molar refractivity (Wildman–Crippen MR) is 79.1 cm³/mol. The molecule has 0 amide bonds. The number of hydrogen-bond donors (Lipinski definition) is 2. The van der Waals surface area contributed by atoms with Crippen LogP contribution in [0.2, 0.25) is 5.02 Å². The molecular weight excluding hydrogens is 294 g/mol. The molecule has 1 heterocycles. The lowest BCUT2D eigenvalue weighted by Gasteiger charge is -2.10. The number of ether oxygens (including phenoxy) is 2. The van der Waals surface area contributed by atoms with Crippen LogP contribution in [0, 0.1) is 0 Å². The molecule has 21 heavy (non-hydrogen) atoms. The van der Waals surface area contributed by atoms with E-state index in [0.29, 0.717) is 5.56 Å². The second kappa shape index (κ2) is 6.81. The van der Waals surface area contributed by atoms with Crippen molar-refractivity contribution in [2.24, 2.45) is 10.9 Å². The van der Waals surface area contributed by atoms with Gasteiger partial charge >= 0.3 is 0 Å². The van der Waals surface area contributed by atoms with Gasteiger partial charge in [0, 0.05) is 11.8 Å². The highest BCUT2D eigenvalue weighted by molar-refractivity contribution is 6.35. The van der Waals surface area contributed by atoms with E-state index in [1.54, 1.807) is 7.11 Å². The van der Waals surface area contributed by atoms with Crippen molar-refractivity contribution in [3.05, 3.63) is 52.7 Å². The highest BCUT2D eigenvalue weighted by Crippen LogP contribution is 2.26. The summed E-state index contributed by atoms with van der Waals surface area (Å²) < 4.78 is 10.7. The van der Waals surface area contributed by atoms with Gasteiger partial charge in [0.15, 0.2) is 5.84 Å². The largest absolute Gasteiger partial charge is 0.497 e. The molecule has 2 rings (SSSR count). The Hall–Kier alpha value is -2.47. The van der Waals surface area contributed by atoms with Crippen LogP contribution < -0.4 is 15.2 Å². The molecule has 1 aromatic heterocycles. The van der Waals surface area contributed by atoms with Crippen LogP contribution in [0.15, 0.2) is 41.7 Å². The van der Waals surface area contributed by atoms with Gasteiger partial charge in [0.1, 0.15) is 17.4 Å². The first-order valence-electron chi connectivity index (χ1n) is 6.04. The number of halogens is 1. The molecule has 1 aromatic carbocycles. The Morgan fingerprint density at radius 3 is 2.95 bits per heavy atom. The van der Waals surface area contributed by atoms with E-state index in [-0.39, 0.29) is 23.3 Å². The van der Waals surface area contributed by atoms with Crippen molar-refractivity contribution in [3.63, 3.8) is 0 Å². The van der Waals surface area contributed by atoms with Crippen LogP contribution in [0.1, 0.15) is 11.1 Å². The number of benzene rings is 1. The monoisotopic (exact) mass is 307 g/mol. The lowest BCUT2D eigenvalue weighted by Crippen LogP contribution is -2.14. The summed E-state index contributed by atoms with van der Waals surface area (Å²) in [7, 11) is 1.60. The van der Waals surface area contributed by atoms with Gasteiger partial charge in [0.2, 0.25) is 5.88 Å². The van der Waals surface area contributed by atoms with E-state index in [0.717, 1.165) is 11.3 Å². The normalized spacial score (nSPS) is 11.2. The number of aromatic nitrogens is 1. The maximum Gasteiger partial charge on any atom is 0.233 e. The fraction of sp³-hybridized carbons (Fsp3) is 0.143. The van der Waals surface area contributed by atoms with Crippen LogP contribution in [0.4, 0.5) is 0 Å². The number of oxime groups is 1. The molecule has 0 aliphatic heterocycles. The maximum atomic E-state index is 8.70. The third-order valence-electron chi connectivity index (χ3n) is 2.75. The highest BCUT2D eigenvalue weighted by Gasteiger charge is 2.12. The van der Waals surface area contributed by atoms with E-state index in [1.165, 1.54) is 12.3 Å². The van der Waals surface area contributed by atoms with E-state index in [9.17, 15) is 0 Å². The highest BCUT2D eigenvalue weighted by atomic mass is 35.5. The Kier molecular flexibility index (Phi) is 4.84. The minimum absolute atomic E-state index is 0.103. The van der Waals surface area contributed by atoms with Gasteiger partial charge in [-0.1, -0.05) is 28.9 Å². The van der Waals surface area contributed by atoms with E-state index >= 15 is 0 Å². The molecule has 3 N–H and O–H groups in total. The summed E-state index contributed by atoms with van der Waals surface area (Å²) in [6, 6.07) is 8.98. The van der Waals surface area contributed by atoms with Gasteiger partial charge in [-0.15, -0.1) is 0 Å². The summed E-state index contributed by atoms with van der Waals surface area (Å²) in [5, 5.41) is 11.8. The van der Waals surface area contributed by atoms with E-state index < -0.39 is 0 Å². The number of nitrogens with zero attached hydrogens (tertiary/aromatic N) is 2. The number of amidine groups is 1. The van der Waals surface area contributed by atoms with E-state index in [1.807, 2.05) is 24.3 Å². The predicted octanol–water partition coefficient (Wildman–Crippen LogP) is 2.42. The summed E-state index contributed by atoms with van der Waals surface area (Å²) in [5.74, 6) is 0.845. The second-order valence-electron chi connectivity index (χ2n) is 4.10. The Morgan fingerprint density at radius 1 is 1.43 bits per heavy atom. The summed E-state index contributed by atoms with van der Waals surface area (Å²) >= 11 is 6.12. The third kappa shape index (κ3) is 3.55. The number of methoxy groups -OCH3 is 1. The fourth-order valence-corrected chi connectivity index (χ4v) is 1.95. The van der Waals surface area contributed by atoms with Gasteiger partial charge in [-0.05, 0) is 23.8 Å². The van der Waals surface area contributed by atoms with Gasteiger partial charge in [-0.2, -0.15) is 0 Å². The first-order valence-corrected chi connectivity index (χ1v) is 6.41. The molecule has 0 atom stereocenters.